The van der Waals surface area contributed by atoms with E-state index in [1.165, 1.54) is 0 Å². The van der Waals surface area contributed by atoms with E-state index >= 15 is 0 Å². The van der Waals surface area contributed by atoms with Crippen molar-refractivity contribution >= 4 is 17.2 Å². The van der Waals surface area contributed by atoms with E-state index in [0.717, 1.165) is 31.5 Å². The van der Waals surface area contributed by atoms with Crippen molar-refractivity contribution in [3.8, 4) is 0 Å². The van der Waals surface area contributed by atoms with Gasteiger partial charge in [0.1, 0.15) is 5.69 Å². The normalized spacial score (nSPS) is 17.8. The molecule has 1 aromatic heterocycles. The summed E-state index contributed by atoms with van der Waals surface area (Å²) in [7, 11) is 2.06. The van der Waals surface area contributed by atoms with Gasteiger partial charge < -0.3 is 16.4 Å². The number of nitrogens with two attached hydrogens (primary N) is 2. The molecule has 0 spiro atoms. The fraction of sp³-hybridized carbons (Fsp3) is 0.545. The van der Waals surface area contributed by atoms with Gasteiger partial charge in [-0.05, 0) is 38.9 Å². The monoisotopic (exact) mass is 251 g/mol. The summed E-state index contributed by atoms with van der Waals surface area (Å²) in [5, 5.41) is 10.9. The molecule has 1 aliphatic heterocycles. The Morgan fingerprint density at radius 2 is 2.06 bits per heavy atom. The summed E-state index contributed by atoms with van der Waals surface area (Å²) in [4.78, 5) is 16.5. The number of piperidine rings is 1. The van der Waals surface area contributed by atoms with E-state index in [4.69, 9.17) is 11.5 Å². The van der Waals surface area contributed by atoms with Crippen molar-refractivity contribution in [1.29, 1.82) is 0 Å². The van der Waals surface area contributed by atoms with Crippen LogP contribution in [0, 0.1) is 10.1 Å². The molecule has 0 radical (unpaired) electrons. The SMILES string of the molecule is CN1CCC(c2cnc(N)c([N+](=O)[O-])c2N)CC1. The lowest BCUT2D eigenvalue weighted by Gasteiger charge is -2.29. The highest BCUT2D eigenvalue weighted by atomic mass is 16.6. The number of nitrogen functional groups attached to an aromatic ring is 2. The summed E-state index contributed by atoms with van der Waals surface area (Å²) in [5.74, 6) is 0.113. The Labute approximate surface area is 105 Å². The number of likely N-dealkylation sites (tertiary alicyclic amines) is 1. The van der Waals surface area contributed by atoms with E-state index in [0.29, 0.717) is 0 Å². The van der Waals surface area contributed by atoms with Gasteiger partial charge in [0.15, 0.2) is 0 Å². The van der Waals surface area contributed by atoms with Crippen LogP contribution >= 0.6 is 0 Å². The highest BCUT2D eigenvalue weighted by molar-refractivity contribution is 5.72. The third-order valence-corrected chi connectivity index (χ3v) is 3.49. The molecule has 1 aromatic rings. The van der Waals surface area contributed by atoms with Gasteiger partial charge in [-0.1, -0.05) is 0 Å². The maximum atomic E-state index is 10.9. The highest BCUT2D eigenvalue weighted by Crippen LogP contribution is 2.37. The Kier molecular flexibility index (Phi) is 3.33. The van der Waals surface area contributed by atoms with Crippen molar-refractivity contribution < 1.29 is 4.92 Å². The van der Waals surface area contributed by atoms with E-state index < -0.39 is 4.92 Å². The third-order valence-electron chi connectivity index (χ3n) is 3.49. The molecule has 7 nitrogen and oxygen atoms in total. The van der Waals surface area contributed by atoms with Crippen molar-refractivity contribution in [3.63, 3.8) is 0 Å². The molecule has 1 saturated heterocycles. The molecule has 0 atom stereocenters. The molecule has 1 aliphatic rings. The lowest BCUT2D eigenvalue weighted by Crippen LogP contribution is -2.29. The zero-order chi connectivity index (χ0) is 13.3. The molecule has 0 aliphatic carbocycles. The second-order valence-electron chi connectivity index (χ2n) is 4.70. The molecule has 4 N–H and O–H groups in total. The Bertz CT molecular complexity index is 469. The van der Waals surface area contributed by atoms with Crippen molar-refractivity contribution in [1.82, 2.24) is 9.88 Å². The average Bonchev–Trinajstić information content (AvgIpc) is 2.30. The van der Waals surface area contributed by atoms with Crippen LogP contribution in [0.1, 0.15) is 24.3 Å². The van der Waals surface area contributed by atoms with Crippen LogP contribution in [0.25, 0.3) is 0 Å². The lowest BCUT2D eigenvalue weighted by atomic mass is 9.89. The highest BCUT2D eigenvalue weighted by Gasteiger charge is 2.27. The maximum absolute atomic E-state index is 10.9. The number of aromatic nitrogens is 1. The smallest absolute Gasteiger partial charge is 0.334 e. The molecule has 98 valence electrons. The molecule has 18 heavy (non-hydrogen) atoms. The molecular weight excluding hydrogens is 234 g/mol. The third kappa shape index (κ3) is 2.21. The fourth-order valence-electron chi connectivity index (χ4n) is 2.38. The summed E-state index contributed by atoms with van der Waals surface area (Å²) < 4.78 is 0. The molecule has 1 fully saturated rings. The number of hydrogen-bond acceptors (Lipinski definition) is 6. The molecule has 0 amide bonds. The van der Waals surface area contributed by atoms with E-state index in [1.54, 1.807) is 6.20 Å². The standard InChI is InChI=1S/C11H17N5O2/c1-15-4-2-7(3-5-15)8-6-14-11(13)10(9(8)12)16(17)18/h6-7H,2-5H2,1H3,(H4,12,13,14). The summed E-state index contributed by atoms with van der Waals surface area (Å²) in [5.41, 5.74) is 12.0. The van der Waals surface area contributed by atoms with Crippen LogP contribution in [-0.4, -0.2) is 34.9 Å². The predicted octanol–water partition coefficient (Wildman–Crippen LogP) is 0.963. The van der Waals surface area contributed by atoms with Gasteiger partial charge in [0, 0.05) is 11.8 Å². The van der Waals surface area contributed by atoms with Crippen LogP contribution in [0.15, 0.2) is 6.20 Å². The summed E-state index contributed by atoms with van der Waals surface area (Å²) >= 11 is 0. The van der Waals surface area contributed by atoms with Crippen LogP contribution in [0.2, 0.25) is 0 Å². The minimum atomic E-state index is -0.559. The second-order valence-corrected chi connectivity index (χ2v) is 4.70. The van der Waals surface area contributed by atoms with Crippen molar-refractivity contribution in [2.45, 2.75) is 18.8 Å². The van der Waals surface area contributed by atoms with Gasteiger partial charge in [-0.25, -0.2) is 4.98 Å². The summed E-state index contributed by atoms with van der Waals surface area (Å²) in [6.45, 7) is 1.92. The Balaban J connectivity index is 2.34. The maximum Gasteiger partial charge on any atom is 0.334 e. The molecular formula is C11H17N5O2. The number of nitrogens with zero attached hydrogens (tertiary/aromatic N) is 3. The van der Waals surface area contributed by atoms with Crippen molar-refractivity contribution in [2.75, 3.05) is 31.6 Å². The zero-order valence-corrected chi connectivity index (χ0v) is 10.3. The first-order chi connectivity index (χ1) is 8.50. The van der Waals surface area contributed by atoms with Gasteiger partial charge >= 0.3 is 5.69 Å². The van der Waals surface area contributed by atoms with Crippen LogP contribution in [0.4, 0.5) is 17.2 Å². The predicted molar refractivity (Wildman–Crippen MR) is 69.2 cm³/mol. The first-order valence-electron chi connectivity index (χ1n) is 5.87. The Morgan fingerprint density at radius 1 is 1.44 bits per heavy atom. The number of nitro groups is 1. The largest absolute Gasteiger partial charge is 0.393 e. The summed E-state index contributed by atoms with van der Waals surface area (Å²) in [6.07, 6.45) is 3.44. The van der Waals surface area contributed by atoms with Crippen molar-refractivity contribution in [3.05, 3.63) is 21.9 Å². The summed E-state index contributed by atoms with van der Waals surface area (Å²) in [6, 6.07) is 0. The minimum absolute atomic E-state index is 0.117. The molecule has 0 saturated carbocycles. The van der Waals surface area contributed by atoms with Gasteiger partial charge in [0.2, 0.25) is 5.82 Å². The van der Waals surface area contributed by atoms with Crippen molar-refractivity contribution in [2.24, 2.45) is 0 Å². The zero-order valence-electron chi connectivity index (χ0n) is 10.3. The van der Waals surface area contributed by atoms with Gasteiger partial charge in [0.25, 0.3) is 0 Å². The lowest BCUT2D eigenvalue weighted by molar-refractivity contribution is -0.383. The van der Waals surface area contributed by atoms with Gasteiger partial charge in [0.05, 0.1) is 4.92 Å². The molecule has 2 heterocycles. The first-order valence-corrected chi connectivity index (χ1v) is 5.87. The number of anilines is 2. The molecule has 7 heteroatoms. The Morgan fingerprint density at radius 3 is 2.61 bits per heavy atom. The van der Waals surface area contributed by atoms with Gasteiger partial charge in [-0.15, -0.1) is 0 Å². The molecule has 2 rings (SSSR count). The topological polar surface area (TPSA) is 111 Å². The van der Waals surface area contributed by atoms with E-state index in [1.807, 2.05) is 0 Å². The van der Waals surface area contributed by atoms with Crippen LogP contribution < -0.4 is 11.5 Å². The number of pyridine rings is 1. The fourth-order valence-corrected chi connectivity index (χ4v) is 2.38. The second kappa shape index (κ2) is 4.77. The van der Waals surface area contributed by atoms with Gasteiger partial charge in [-0.2, -0.15) is 0 Å². The number of rotatable bonds is 2. The molecule has 0 aromatic carbocycles. The van der Waals surface area contributed by atoms with Crippen LogP contribution in [0.3, 0.4) is 0 Å². The van der Waals surface area contributed by atoms with E-state index in [9.17, 15) is 10.1 Å². The minimum Gasteiger partial charge on any atom is -0.393 e. The van der Waals surface area contributed by atoms with Crippen LogP contribution in [0.5, 0.6) is 0 Å². The van der Waals surface area contributed by atoms with E-state index in [-0.39, 0.29) is 23.1 Å². The Hall–Kier alpha value is -1.89. The average molecular weight is 251 g/mol. The molecule has 0 bridgehead atoms. The first kappa shape index (κ1) is 12.6. The quantitative estimate of drug-likeness (QED) is 0.598. The molecule has 0 unspecified atom stereocenters. The van der Waals surface area contributed by atoms with E-state index in [2.05, 4.69) is 16.9 Å². The van der Waals surface area contributed by atoms with Gasteiger partial charge in [-0.3, -0.25) is 10.1 Å². The van der Waals surface area contributed by atoms with Crippen LogP contribution in [-0.2, 0) is 0 Å². The number of hydrogen-bond donors (Lipinski definition) is 2.